The second kappa shape index (κ2) is 4.53. The van der Waals surface area contributed by atoms with Crippen molar-refractivity contribution >= 4 is 15.9 Å². The summed E-state index contributed by atoms with van der Waals surface area (Å²) in [6.45, 7) is 2.07. The quantitative estimate of drug-likeness (QED) is 0.858. The molecule has 15 heavy (non-hydrogen) atoms. The van der Waals surface area contributed by atoms with Crippen LogP contribution in [-0.2, 0) is 6.42 Å². The summed E-state index contributed by atoms with van der Waals surface area (Å²) in [5.74, 6) is 1.19. The number of aromatic nitrogens is 3. The molecule has 0 spiro atoms. The topological polar surface area (TPSA) is 51.8 Å². The fourth-order valence-electron chi connectivity index (χ4n) is 1.21. The molecule has 0 aromatic carbocycles. The van der Waals surface area contributed by atoms with E-state index in [0.29, 0.717) is 11.8 Å². The number of aryl methyl sites for hydroxylation is 1. The summed E-state index contributed by atoms with van der Waals surface area (Å²) in [4.78, 5) is 4.04. The van der Waals surface area contributed by atoms with Gasteiger partial charge in [0.05, 0.1) is 5.56 Å². The van der Waals surface area contributed by atoms with Crippen LogP contribution in [-0.4, -0.2) is 15.2 Å². The molecule has 0 amide bonds. The van der Waals surface area contributed by atoms with Gasteiger partial charge in [-0.3, -0.25) is 4.98 Å². The highest BCUT2D eigenvalue weighted by Gasteiger charge is 2.08. The third-order valence-electron chi connectivity index (χ3n) is 1.88. The van der Waals surface area contributed by atoms with Gasteiger partial charge in [-0.2, -0.15) is 0 Å². The van der Waals surface area contributed by atoms with E-state index in [4.69, 9.17) is 4.42 Å². The lowest BCUT2D eigenvalue weighted by atomic mass is 10.3. The lowest BCUT2D eigenvalue weighted by Crippen LogP contribution is -1.80. The molecule has 2 aromatic heterocycles. The van der Waals surface area contributed by atoms with Gasteiger partial charge < -0.3 is 4.42 Å². The molecule has 0 saturated carbocycles. The Labute approximate surface area is 95.9 Å². The minimum atomic E-state index is 0.521. The molecule has 0 aliphatic carbocycles. The standard InChI is InChI=1S/C10H10BrN3O/c1-2-3-9-13-14-10(15-9)7-4-8(11)6-12-5-7/h4-6H,2-3H2,1H3. The Kier molecular flexibility index (Phi) is 3.11. The van der Waals surface area contributed by atoms with Gasteiger partial charge in [-0.05, 0) is 28.4 Å². The highest BCUT2D eigenvalue weighted by atomic mass is 79.9. The second-order valence-electron chi connectivity index (χ2n) is 3.14. The lowest BCUT2D eigenvalue weighted by Gasteiger charge is -1.94. The zero-order chi connectivity index (χ0) is 10.7. The van der Waals surface area contributed by atoms with Crippen LogP contribution in [0.3, 0.4) is 0 Å². The molecule has 4 nitrogen and oxygen atoms in total. The summed E-state index contributed by atoms with van der Waals surface area (Å²) in [6, 6.07) is 1.90. The normalized spacial score (nSPS) is 10.5. The Hall–Kier alpha value is -1.23. The van der Waals surface area contributed by atoms with E-state index in [2.05, 4.69) is 38.0 Å². The van der Waals surface area contributed by atoms with Crippen molar-refractivity contribution in [3.8, 4) is 11.5 Å². The maximum Gasteiger partial charge on any atom is 0.249 e. The van der Waals surface area contributed by atoms with Gasteiger partial charge in [0.1, 0.15) is 0 Å². The molecule has 0 radical (unpaired) electrons. The first-order chi connectivity index (χ1) is 7.29. The van der Waals surface area contributed by atoms with Crippen molar-refractivity contribution in [2.45, 2.75) is 19.8 Å². The third kappa shape index (κ3) is 2.41. The molecule has 0 aliphatic rings. The van der Waals surface area contributed by atoms with Gasteiger partial charge in [0.25, 0.3) is 0 Å². The van der Waals surface area contributed by atoms with E-state index in [1.165, 1.54) is 0 Å². The fraction of sp³-hybridized carbons (Fsp3) is 0.300. The molecule has 0 aliphatic heterocycles. The lowest BCUT2D eigenvalue weighted by molar-refractivity contribution is 0.502. The third-order valence-corrected chi connectivity index (χ3v) is 2.32. The van der Waals surface area contributed by atoms with Gasteiger partial charge in [0.2, 0.25) is 11.8 Å². The summed E-state index contributed by atoms with van der Waals surface area (Å²) in [6.07, 6.45) is 5.23. The average Bonchev–Trinajstić information content (AvgIpc) is 2.67. The van der Waals surface area contributed by atoms with Gasteiger partial charge in [0, 0.05) is 23.3 Å². The van der Waals surface area contributed by atoms with Crippen LogP contribution < -0.4 is 0 Å². The number of pyridine rings is 1. The highest BCUT2D eigenvalue weighted by molar-refractivity contribution is 9.10. The number of rotatable bonds is 3. The molecule has 0 fully saturated rings. The Morgan fingerprint density at radius 1 is 1.33 bits per heavy atom. The predicted octanol–water partition coefficient (Wildman–Crippen LogP) is 2.85. The summed E-state index contributed by atoms with van der Waals surface area (Å²) in [5, 5.41) is 7.92. The zero-order valence-corrected chi connectivity index (χ0v) is 9.86. The summed E-state index contributed by atoms with van der Waals surface area (Å²) in [7, 11) is 0. The number of nitrogens with zero attached hydrogens (tertiary/aromatic N) is 3. The molecule has 0 saturated heterocycles. The van der Waals surface area contributed by atoms with Crippen LogP contribution in [0.4, 0.5) is 0 Å². The van der Waals surface area contributed by atoms with Crippen LogP contribution in [0, 0.1) is 0 Å². The van der Waals surface area contributed by atoms with E-state index in [0.717, 1.165) is 22.9 Å². The smallest absolute Gasteiger partial charge is 0.249 e. The molecule has 2 heterocycles. The summed E-state index contributed by atoms with van der Waals surface area (Å²) >= 11 is 3.34. The van der Waals surface area contributed by atoms with Crippen molar-refractivity contribution < 1.29 is 4.42 Å². The van der Waals surface area contributed by atoms with Crippen molar-refractivity contribution in [3.63, 3.8) is 0 Å². The Morgan fingerprint density at radius 2 is 2.20 bits per heavy atom. The van der Waals surface area contributed by atoms with Crippen LogP contribution in [0.1, 0.15) is 19.2 Å². The molecule has 0 atom stereocenters. The molecule has 2 aromatic rings. The Morgan fingerprint density at radius 3 is 2.93 bits per heavy atom. The SMILES string of the molecule is CCCc1nnc(-c2cncc(Br)c2)o1. The molecular weight excluding hydrogens is 258 g/mol. The van der Waals surface area contributed by atoms with Crippen LogP contribution >= 0.6 is 15.9 Å². The van der Waals surface area contributed by atoms with E-state index in [1.807, 2.05) is 6.07 Å². The van der Waals surface area contributed by atoms with Gasteiger partial charge in [0.15, 0.2) is 0 Å². The highest BCUT2D eigenvalue weighted by Crippen LogP contribution is 2.20. The minimum absolute atomic E-state index is 0.521. The van der Waals surface area contributed by atoms with E-state index in [1.54, 1.807) is 12.4 Å². The maximum atomic E-state index is 5.48. The van der Waals surface area contributed by atoms with E-state index >= 15 is 0 Å². The predicted molar refractivity (Wildman–Crippen MR) is 59.2 cm³/mol. The van der Waals surface area contributed by atoms with Crippen LogP contribution in [0.5, 0.6) is 0 Å². The molecule has 0 unspecified atom stereocenters. The van der Waals surface area contributed by atoms with Gasteiger partial charge in [-0.1, -0.05) is 6.92 Å². The fourth-order valence-corrected chi connectivity index (χ4v) is 1.58. The first kappa shape index (κ1) is 10.3. The summed E-state index contributed by atoms with van der Waals surface area (Å²) < 4.78 is 6.38. The Bertz CT molecular complexity index is 455. The molecule has 0 bridgehead atoms. The van der Waals surface area contributed by atoms with Gasteiger partial charge in [-0.15, -0.1) is 10.2 Å². The zero-order valence-electron chi connectivity index (χ0n) is 8.27. The van der Waals surface area contributed by atoms with E-state index < -0.39 is 0 Å². The Balaban J connectivity index is 2.29. The molecule has 78 valence electrons. The van der Waals surface area contributed by atoms with E-state index in [9.17, 15) is 0 Å². The first-order valence-electron chi connectivity index (χ1n) is 4.73. The molecule has 2 rings (SSSR count). The second-order valence-corrected chi connectivity index (χ2v) is 4.06. The first-order valence-corrected chi connectivity index (χ1v) is 5.52. The monoisotopic (exact) mass is 267 g/mol. The largest absolute Gasteiger partial charge is 0.421 e. The summed E-state index contributed by atoms with van der Waals surface area (Å²) in [5.41, 5.74) is 0.833. The van der Waals surface area contributed by atoms with Gasteiger partial charge >= 0.3 is 0 Å². The average molecular weight is 268 g/mol. The molecular formula is C10H10BrN3O. The minimum Gasteiger partial charge on any atom is -0.421 e. The number of hydrogen-bond acceptors (Lipinski definition) is 4. The van der Waals surface area contributed by atoms with Crippen LogP contribution in [0.25, 0.3) is 11.5 Å². The van der Waals surface area contributed by atoms with Crippen molar-refractivity contribution in [2.24, 2.45) is 0 Å². The molecule has 5 heteroatoms. The number of halogens is 1. The van der Waals surface area contributed by atoms with Crippen LogP contribution in [0.15, 0.2) is 27.3 Å². The van der Waals surface area contributed by atoms with Crippen LogP contribution in [0.2, 0.25) is 0 Å². The maximum absolute atomic E-state index is 5.48. The van der Waals surface area contributed by atoms with Gasteiger partial charge in [-0.25, -0.2) is 0 Å². The van der Waals surface area contributed by atoms with E-state index in [-0.39, 0.29) is 0 Å². The van der Waals surface area contributed by atoms with Crippen molar-refractivity contribution in [3.05, 3.63) is 28.8 Å². The molecule has 0 N–H and O–H groups in total. The van der Waals surface area contributed by atoms with Crippen molar-refractivity contribution in [1.82, 2.24) is 15.2 Å². The number of hydrogen-bond donors (Lipinski definition) is 0. The van der Waals surface area contributed by atoms with Crippen molar-refractivity contribution in [2.75, 3.05) is 0 Å². The van der Waals surface area contributed by atoms with Crippen molar-refractivity contribution in [1.29, 1.82) is 0 Å².